The van der Waals surface area contributed by atoms with Crippen LogP contribution in [-0.2, 0) is 18.3 Å². The Labute approximate surface area is 208 Å². The smallest absolute Gasteiger partial charge is 0.225 e. The number of hydrogen-bond acceptors (Lipinski definition) is 4. The molecule has 4 N–H and O–H groups in total. The molecule has 3 aromatic heterocycles. The fourth-order valence-electron chi connectivity index (χ4n) is 4.50. The first-order valence-corrected chi connectivity index (χ1v) is 11.3. The molecule has 0 atom stereocenters. The number of primary amides is 1. The van der Waals surface area contributed by atoms with E-state index < -0.39 is 29.0 Å². The lowest BCUT2D eigenvalue weighted by atomic mass is 9.99. The van der Waals surface area contributed by atoms with Gasteiger partial charge in [0.1, 0.15) is 28.7 Å². The highest BCUT2D eigenvalue weighted by molar-refractivity contribution is 6.38. The number of aromatic nitrogens is 3. The molecule has 0 saturated carbocycles. The zero-order valence-electron chi connectivity index (χ0n) is 19.3. The van der Waals surface area contributed by atoms with E-state index in [0.29, 0.717) is 27.4 Å². The van der Waals surface area contributed by atoms with E-state index >= 15 is 0 Å². The van der Waals surface area contributed by atoms with Gasteiger partial charge in [-0.1, -0.05) is 17.7 Å². The Balaban J connectivity index is 1.67. The highest BCUT2D eigenvalue weighted by Crippen LogP contribution is 2.39. The van der Waals surface area contributed by atoms with Crippen molar-refractivity contribution in [3.8, 4) is 11.1 Å². The summed E-state index contributed by atoms with van der Waals surface area (Å²) in [7, 11) is 1.79. The van der Waals surface area contributed by atoms with Crippen molar-refractivity contribution >= 4 is 45.5 Å². The number of nitrogens with zero attached hydrogens (tertiary/aromatic N) is 3. The molecule has 2 aromatic carbocycles. The molecule has 36 heavy (non-hydrogen) atoms. The molecule has 0 spiro atoms. The minimum absolute atomic E-state index is 0.0258. The third kappa shape index (κ3) is 3.59. The van der Waals surface area contributed by atoms with Crippen LogP contribution in [0.25, 0.3) is 27.7 Å². The molecule has 5 rings (SSSR count). The Morgan fingerprint density at radius 1 is 1.08 bits per heavy atom. The number of fused-ring (bicyclic) bond motifs is 2. The molecule has 0 aliphatic carbocycles. The van der Waals surface area contributed by atoms with Gasteiger partial charge in [-0.15, -0.1) is 0 Å². The van der Waals surface area contributed by atoms with Crippen LogP contribution in [0.5, 0.6) is 0 Å². The largest absolute Gasteiger partial charge is 0.394 e. The van der Waals surface area contributed by atoms with Crippen LogP contribution in [0.4, 0.5) is 14.5 Å². The zero-order chi connectivity index (χ0) is 25.9. The molecule has 0 fully saturated rings. The van der Waals surface area contributed by atoms with Gasteiger partial charge >= 0.3 is 0 Å². The molecule has 1 amide bonds. The summed E-state index contributed by atoms with van der Waals surface area (Å²) >= 11 is 6.86. The number of nitrogen functional groups attached to an aromatic ring is 1. The molecule has 0 bridgehead atoms. The summed E-state index contributed by atoms with van der Waals surface area (Å²) in [5, 5.41) is 0.390. The quantitative estimate of drug-likeness (QED) is 0.268. The molecular formula is C26H20ClF2N5O2. The van der Waals surface area contributed by atoms with E-state index in [1.807, 2.05) is 19.1 Å². The number of anilines is 1. The maximum atomic E-state index is 14.0. The predicted octanol–water partition coefficient (Wildman–Crippen LogP) is 4.57. The topological polar surface area (TPSA) is 108 Å². The summed E-state index contributed by atoms with van der Waals surface area (Å²) in [4.78, 5) is 29.2. The van der Waals surface area contributed by atoms with Crippen LogP contribution in [0.3, 0.4) is 0 Å². The minimum atomic E-state index is -0.998. The number of halogens is 3. The summed E-state index contributed by atoms with van der Waals surface area (Å²) in [5.74, 6) is -2.57. The lowest BCUT2D eigenvalue weighted by Gasteiger charge is -2.13. The summed E-state index contributed by atoms with van der Waals surface area (Å²) < 4.78 is 31.4. The molecule has 5 aromatic rings. The van der Waals surface area contributed by atoms with Gasteiger partial charge in [0.25, 0.3) is 0 Å². The first kappa shape index (κ1) is 23.5. The van der Waals surface area contributed by atoms with Crippen molar-refractivity contribution < 1.29 is 18.4 Å². The van der Waals surface area contributed by atoms with Gasteiger partial charge in [0.05, 0.1) is 28.2 Å². The van der Waals surface area contributed by atoms with Crippen molar-refractivity contribution in [1.29, 1.82) is 0 Å². The molecule has 3 heterocycles. The molecular weight excluding hydrogens is 488 g/mol. The number of benzene rings is 2. The van der Waals surface area contributed by atoms with E-state index in [0.717, 1.165) is 28.8 Å². The number of ketones is 1. The lowest BCUT2D eigenvalue weighted by Crippen LogP contribution is -2.16. The van der Waals surface area contributed by atoms with Gasteiger partial charge in [-0.05, 0) is 48.9 Å². The van der Waals surface area contributed by atoms with Crippen LogP contribution in [0, 0.1) is 18.6 Å². The monoisotopic (exact) mass is 507 g/mol. The van der Waals surface area contributed by atoms with Crippen molar-refractivity contribution in [3.05, 3.63) is 88.0 Å². The third-order valence-corrected chi connectivity index (χ3v) is 6.64. The average Bonchev–Trinajstić information content (AvgIpc) is 3.39. The lowest BCUT2D eigenvalue weighted by molar-refractivity contribution is -0.117. The Kier molecular flexibility index (Phi) is 5.52. The van der Waals surface area contributed by atoms with E-state index in [-0.39, 0.29) is 17.7 Å². The second-order valence-electron chi connectivity index (χ2n) is 8.56. The molecule has 0 aliphatic rings. The SMILES string of the molecule is Cc1cc2c(nc(CC(N)=O)n2C)c(Cl)c1-c1cccn2c(C(=O)c3cc(F)c(N)c(F)c3)ccc12. The standard InChI is InChI=1S/C26H20ClF2N5O2/c1-12-8-19-25(32-21(33(19)2)11-20(30)35)23(27)22(12)14-4-3-7-34-17(14)5-6-18(34)26(36)13-9-15(28)24(31)16(29)10-13/h3-10H,11,31H2,1-2H3,(H2,30,35). The Morgan fingerprint density at radius 2 is 1.78 bits per heavy atom. The van der Waals surface area contributed by atoms with Crippen molar-refractivity contribution in [3.63, 3.8) is 0 Å². The van der Waals surface area contributed by atoms with E-state index in [9.17, 15) is 18.4 Å². The van der Waals surface area contributed by atoms with Crippen molar-refractivity contribution in [2.24, 2.45) is 12.8 Å². The van der Waals surface area contributed by atoms with Crippen LogP contribution >= 0.6 is 11.6 Å². The maximum absolute atomic E-state index is 14.0. The summed E-state index contributed by atoms with van der Waals surface area (Å²) in [6.45, 7) is 1.90. The zero-order valence-corrected chi connectivity index (χ0v) is 20.0. The molecule has 0 saturated heterocycles. The van der Waals surface area contributed by atoms with Crippen molar-refractivity contribution in [2.75, 3.05) is 5.73 Å². The number of carbonyl (C=O) groups excluding carboxylic acids is 2. The van der Waals surface area contributed by atoms with E-state index in [1.54, 1.807) is 40.4 Å². The normalized spacial score (nSPS) is 11.5. The van der Waals surface area contributed by atoms with Crippen LogP contribution in [0.2, 0.25) is 5.02 Å². The van der Waals surface area contributed by atoms with Crippen molar-refractivity contribution in [2.45, 2.75) is 13.3 Å². The molecule has 10 heteroatoms. The first-order chi connectivity index (χ1) is 17.1. The molecule has 7 nitrogen and oxygen atoms in total. The van der Waals surface area contributed by atoms with Gasteiger partial charge in [0, 0.05) is 29.9 Å². The first-order valence-electron chi connectivity index (χ1n) is 10.9. The number of aryl methyl sites for hydroxylation is 2. The van der Waals surface area contributed by atoms with E-state index in [2.05, 4.69) is 4.98 Å². The number of imidazole rings is 1. The molecule has 0 unspecified atom stereocenters. The van der Waals surface area contributed by atoms with Gasteiger partial charge in [0.2, 0.25) is 11.7 Å². The maximum Gasteiger partial charge on any atom is 0.225 e. The van der Waals surface area contributed by atoms with Gasteiger partial charge in [0.15, 0.2) is 0 Å². The fourth-order valence-corrected chi connectivity index (χ4v) is 4.89. The van der Waals surface area contributed by atoms with Crippen LogP contribution in [0.1, 0.15) is 27.4 Å². The number of rotatable bonds is 5. The summed E-state index contributed by atoms with van der Waals surface area (Å²) in [6, 6.07) is 10.7. The molecule has 0 aliphatic heterocycles. The highest BCUT2D eigenvalue weighted by Gasteiger charge is 2.22. The Morgan fingerprint density at radius 3 is 2.44 bits per heavy atom. The predicted molar refractivity (Wildman–Crippen MR) is 134 cm³/mol. The Hall–Kier alpha value is -4.24. The number of pyridine rings is 1. The number of hydrogen-bond donors (Lipinski definition) is 2. The van der Waals surface area contributed by atoms with Gasteiger partial charge in [-0.2, -0.15) is 0 Å². The number of amides is 1. The number of nitrogens with two attached hydrogens (primary N) is 2. The summed E-state index contributed by atoms with van der Waals surface area (Å²) in [5.41, 5.74) is 14.3. The third-order valence-electron chi connectivity index (χ3n) is 6.27. The molecule has 0 radical (unpaired) electrons. The minimum Gasteiger partial charge on any atom is -0.394 e. The van der Waals surface area contributed by atoms with E-state index in [1.165, 1.54) is 0 Å². The van der Waals surface area contributed by atoms with Gasteiger partial charge in [-0.25, -0.2) is 13.8 Å². The van der Waals surface area contributed by atoms with Crippen molar-refractivity contribution in [1.82, 2.24) is 14.0 Å². The van der Waals surface area contributed by atoms with Crippen LogP contribution < -0.4 is 11.5 Å². The van der Waals surface area contributed by atoms with Gasteiger partial charge in [-0.3, -0.25) is 9.59 Å². The number of carbonyl (C=O) groups is 2. The van der Waals surface area contributed by atoms with Crippen LogP contribution in [0.15, 0.2) is 48.7 Å². The highest BCUT2D eigenvalue weighted by atomic mass is 35.5. The van der Waals surface area contributed by atoms with Gasteiger partial charge < -0.3 is 20.4 Å². The Bertz CT molecular complexity index is 1720. The second kappa shape index (κ2) is 8.46. The fraction of sp³-hybridized carbons (Fsp3) is 0.115. The second-order valence-corrected chi connectivity index (χ2v) is 8.94. The van der Waals surface area contributed by atoms with E-state index in [4.69, 9.17) is 23.1 Å². The summed E-state index contributed by atoms with van der Waals surface area (Å²) in [6.07, 6.45) is 1.66. The van der Waals surface area contributed by atoms with Crippen LogP contribution in [-0.4, -0.2) is 25.6 Å². The molecule has 182 valence electrons. The average molecular weight is 508 g/mol.